The van der Waals surface area contributed by atoms with E-state index in [-0.39, 0.29) is 11.9 Å². The second-order valence-electron chi connectivity index (χ2n) is 8.84. The lowest BCUT2D eigenvalue weighted by Crippen LogP contribution is -2.45. The van der Waals surface area contributed by atoms with Crippen LogP contribution in [0.1, 0.15) is 35.1 Å². The molecule has 3 N–H and O–H groups in total. The highest BCUT2D eigenvalue weighted by Crippen LogP contribution is 2.48. The van der Waals surface area contributed by atoms with Gasteiger partial charge < -0.3 is 30.2 Å². The van der Waals surface area contributed by atoms with Crippen LogP contribution in [0.4, 0.5) is 24.5 Å². The van der Waals surface area contributed by atoms with E-state index in [1.54, 1.807) is 35.5 Å². The average molecular weight is 494 g/mol. The maximum Gasteiger partial charge on any atom is 0.406 e. The fourth-order valence-corrected chi connectivity index (χ4v) is 5.85. The number of thiophene rings is 1. The van der Waals surface area contributed by atoms with E-state index in [1.165, 1.54) is 23.0 Å². The van der Waals surface area contributed by atoms with Gasteiger partial charge in [0.1, 0.15) is 29.0 Å². The molecular formula is C23H26F3N5O2S. The molecule has 1 fully saturated rings. The topological polar surface area (TPSA) is 75.8 Å². The van der Waals surface area contributed by atoms with E-state index in [2.05, 4.69) is 5.32 Å². The summed E-state index contributed by atoms with van der Waals surface area (Å²) < 4.78 is 47.2. The zero-order chi connectivity index (χ0) is 24.2. The number of halogens is 3. The highest BCUT2D eigenvalue weighted by molar-refractivity contribution is 7.16. The number of ether oxygens (including phenoxy) is 1. The summed E-state index contributed by atoms with van der Waals surface area (Å²) in [7, 11) is 3.32. The number of piperidine rings is 1. The molecule has 2 aromatic heterocycles. The highest BCUT2D eigenvalue weighted by atomic mass is 32.1. The van der Waals surface area contributed by atoms with Crippen LogP contribution in [0.25, 0.3) is 10.2 Å². The summed E-state index contributed by atoms with van der Waals surface area (Å²) in [5, 5.41) is 5.88. The van der Waals surface area contributed by atoms with Crippen LogP contribution in [0.15, 0.2) is 29.6 Å². The number of nitrogens with two attached hydrogens (primary N) is 1. The molecule has 3 aromatic rings. The van der Waals surface area contributed by atoms with Crippen molar-refractivity contribution in [2.45, 2.75) is 37.8 Å². The van der Waals surface area contributed by atoms with Gasteiger partial charge in [-0.15, -0.1) is 11.3 Å². The third-order valence-corrected chi connectivity index (χ3v) is 7.42. The Morgan fingerprint density at radius 3 is 2.82 bits per heavy atom. The lowest BCUT2D eigenvalue weighted by Gasteiger charge is -2.31. The van der Waals surface area contributed by atoms with Gasteiger partial charge in [0.15, 0.2) is 0 Å². The van der Waals surface area contributed by atoms with Gasteiger partial charge in [0.2, 0.25) is 0 Å². The van der Waals surface area contributed by atoms with Gasteiger partial charge >= 0.3 is 6.18 Å². The van der Waals surface area contributed by atoms with Gasteiger partial charge in [-0.1, -0.05) is 0 Å². The van der Waals surface area contributed by atoms with Crippen LogP contribution >= 0.6 is 11.3 Å². The number of anilines is 2. The molecule has 5 rings (SSSR count). The van der Waals surface area contributed by atoms with Crippen LogP contribution in [-0.4, -0.2) is 54.8 Å². The molecule has 1 amide bonds. The first-order valence-electron chi connectivity index (χ1n) is 11.1. The lowest BCUT2D eigenvalue weighted by molar-refractivity contribution is -0.140. The molecule has 182 valence electrons. The van der Waals surface area contributed by atoms with E-state index in [0.29, 0.717) is 46.3 Å². The van der Waals surface area contributed by atoms with E-state index in [1.807, 2.05) is 11.0 Å². The average Bonchev–Trinajstić information content (AvgIpc) is 3.46. The predicted octanol–water partition coefficient (Wildman–Crippen LogP) is 4.40. The van der Waals surface area contributed by atoms with E-state index < -0.39 is 18.9 Å². The second kappa shape index (κ2) is 8.38. The van der Waals surface area contributed by atoms with Crippen molar-refractivity contribution in [1.29, 1.82) is 0 Å². The van der Waals surface area contributed by atoms with E-state index in [0.717, 1.165) is 18.2 Å². The number of fused-ring (bicyclic) bond motifs is 2. The molecule has 2 aliphatic heterocycles. The fraction of sp³-hybridized carbons (Fsp3) is 0.435. The van der Waals surface area contributed by atoms with Crippen molar-refractivity contribution in [3.63, 3.8) is 0 Å². The molecule has 4 heterocycles. The second-order valence-corrected chi connectivity index (χ2v) is 9.73. The van der Waals surface area contributed by atoms with Crippen LogP contribution < -0.4 is 20.7 Å². The molecule has 2 atom stereocenters. The summed E-state index contributed by atoms with van der Waals surface area (Å²) in [4.78, 5) is 17.4. The molecule has 1 aromatic carbocycles. The lowest BCUT2D eigenvalue weighted by atomic mass is 10.0. The van der Waals surface area contributed by atoms with E-state index in [9.17, 15) is 18.0 Å². The smallest absolute Gasteiger partial charge is 0.406 e. The number of carbonyl (C=O) groups excluding carboxylic acids is 1. The Labute approximate surface area is 198 Å². The SMILES string of the molecule is COc1cc(C(=O)N2CCC[C@@H](N)C2)cc2c1N(C)C(c1cc3ccsc3n1CC(F)(F)F)N2. The number of methoxy groups -OCH3 is 1. The molecule has 34 heavy (non-hydrogen) atoms. The molecule has 0 radical (unpaired) electrons. The summed E-state index contributed by atoms with van der Waals surface area (Å²) in [6.07, 6.45) is -3.17. The summed E-state index contributed by atoms with van der Waals surface area (Å²) in [6, 6.07) is 6.99. The van der Waals surface area contributed by atoms with Crippen LogP contribution in [0, 0.1) is 0 Å². The standard InChI is InChI=1S/C23H26F3N5O2S/c1-29-19-16(8-14(10-18(19)33-2)21(32)30-6-3-4-15(27)11-30)28-20(29)17-9-13-5-7-34-22(13)31(17)12-23(24,25)26/h5,7-10,15,20,28H,3-4,6,11-12,27H2,1-2H3/t15-,20?/m1/s1. The summed E-state index contributed by atoms with van der Waals surface area (Å²) in [5.41, 5.74) is 8.34. The van der Waals surface area contributed by atoms with E-state index in [4.69, 9.17) is 10.5 Å². The Morgan fingerprint density at radius 2 is 2.12 bits per heavy atom. The van der Waals surface area contributed by atoms with Gasteiger partial charge in [0.05, 0.1) is 18.5 Å². The van der Waals surface area contributed by atoms with Crippen molar-refractivity contribution in [3.05, 3.63) is 40.9 Å². The molecule has 11 heteroatoms. The maximum absolute atomic E-state index is 13.4. The molecule has 1 saturated heterocycles. The van der Waals surface area contributed by atoms with E-state index >= 15 is 0 Å². The molecule has 0 spiro atoms. The van der Waals surface area contributed by atoms with Crippen molar-refractivity contribution < 1.29 is 22.7 Å². The number of hydrogen-bond donors (Lipinski definition) is 2. The fourth-order valence-electron chi connectivity index (χ4n) is 4.95. The van der Waals surface area contributed by atoms with Crippen molar-refractivity contribution in [1.82, 2.24) is 9.47 Å². The Balaban J connectivity index is 1.51. The molecule has 2 aliphatic rings. The Bertz CT molecular complexity index is 1240. The van der Waals surface area contributed by atoms with Gasteiger partial charge in [0.25, 0.3) is 5.91 Å². The normalized spacial score (nSPS) is 20.5. The van der Waals surface area contributed by atoms with Crippen LogP contribution in [-0.2, 0) is 6.54 Å². The summed E-state index contributed by atoms with van der Waals surface area (Å²) >= 11 is 1.28. The number of alkyl halides is 3. The van der Waals surface area contributed by atoms with Crippen LogP contribution in [0.5, 0.6) is 5.75 Å². The minimum Gasteiger partial charge on any atom is -0.494 e. The summed E-state index contributed by atoms with van der Waals surface area (Å²) in [6.45, 7) is 0.0598. The first-order valence-corrected chi connectivity index (χ1v) is 11.9. The highest BCUT2D eigenvalue weighted by Gasteiger charge is 2.37. The first kappa shape index (κ1) is 22.9. The molecule has 0 saturated carbocycles. The van der Waals surface area contributed by atoms with Crippen molar-refractivity contribution in [2.75, 3.05) is 37.5 Å². The molecule has 0 bridgehead atoms. The molecule has 0 aliphatic carbocycles. The minimum absolute atomic E-state index is 0.0436. The van der Waals surface area contributed by atoms with Crippen molar-refractivity contribution in [2.24, 2.45) is 5.73 Å². The number of benzene rings is 1. The van der Waals surface area contributed by atoms with Crippen molar-refractivity contribution in [3.8, 4) is 5.75 Å². The van der Waals surface area contributed by atoms with Gasteiger partial charge in [-0.3, -0.25) is 4.79 Å². The zero-order valence-corrected chi connectivity index (χ0v) is 19.7. The summed E-state index contributed by atoms with van der Waals surface area (Å²) in [5.74, 6) is 0.348. The maximum atomic E-state index is 13.4. The molecule has 7 nitrogen and oxygen atoms in total. The number of likely N-dealkylation sites (tertiary alicyclic amines) is 1. The van der Waals surface area contributed by atoms with Gasteiger partial charge in [-0.2, -0.15) is 13.2 Å². The predicted molar refractivity (Wildman–Crippen MR) is 127 cm³/mol. The largest absolute Gasteiger partial charge is 0.494 e. The van der Waals surface area contributed by atoms with Gasteiger partial charge in [-0.05, 0) is 42.5 Å². The third-order valence-electron chi connectivity index (χ3n) is 6.47. The monoisotopic (exact) mass is 493 g/mol. The number of nitrogens with one attached hydrogen (secondary N) is 1. The Morgan fingerprint density at radius 1 is 1.32 bits per heavy atom. The van der Waals surface area contributed by atoms with Gasteiger partial charge in [-0.25, -0.2) is 0 Å². The zero-order valence-electron chi connectivity index (χ0n) is 18.9. The molecular weight excluding hydrogens is 467 g/mol. The number of nitrogens with zero attached hydrogens (tertiary/aromatic N) is 3. The minimum atomic E-state index is -4.36. The Hall–Kier alpha value is -2.92. The van der Waals surface area contributed by atoms with Gasteiger partial charge in [0, 0.05) is 37.1 Å². The number of carbonyl (C=O) groups is 1. The third kappa shape index (κ3) is 3.96. The Kier molecular flexibility index (Phi) is 5.64. The van der Waals surface area contributed by atoms with Crippen LogP contribution in [0.3, 0.4) is 0 Å². The molecule has 1 unspecified atom stereocenters. The van der Waals surface area contributed by atoms with Crippen LogP contribution in [0.2, 0.25) is 0 Å². The first-order chi connectivity index (χ1) is 16.2. The number of amides is 1. The number of aromatic nitrogens is 1. The number of hydrogen-bond acceptors (Lipinski definition) is 6. The van der Waals surface area contributed by atoms with Crippen molar-refractivity contribution >= 4 is 38.8 Å². The quantitative estimate of drug-likeness (QED) is 0.564. The number of rotatable bonds is 4.